The van der Waals surface area contributed by atoms with Crippen LogP contribution in [0.2, 0.25) is 0 Å². The molecule has 0 aromatic rings. The topological polar surface area (TPSA) is 70.5 Å². The fraction of sp³-hybridized carbons (Fsp3) is 1.00. The van der Waals surface area contributed by atoms with E-state index in [0.29, 0.717) is 13.2 Å². The molecule has 4 heteroatoms. The minimum atomic E-state index is 0.0264. The zero-order valence-corrected chi connectivity index (χ0v) is 5.69. The first-order chi connectivity index (χ1) is 4.79. The van der Waals surface area contributed by atoms with Crippen molar-refractivity contribution in [2.24, 2.45) is 11.5 Å². The van der Waals surface area contributed by atoms with Gasteiger partial charge in [-0.2, -0.15) is 0 Å². The zero-order valence-electron chi connectivity index (χ0n) is 5.69. The first-order valence-electron chi connectivity index (χ1n) is 3.53. The highest BCUT2D eigenvalue weighted by molar-refractivity contribution is 4.97. The third-order valence-corrected chi connectivity index (χ3v) is 2.13. The Morgan fingerprint density at radius 2 is 1.30 bits per heavy atom. The van der Waals surface area contributed by atoms with Gasteiger partial charge in [-0.15, -0.1) is 0 Å². The van der Waals surface area contributed by atoms with Gasteiger partial charge in [-0.3, -0.25) is 0 Å². The molecule has 2 aliphatic heterocycles. The number of ether oxygens (including phenoxy) is 2. The number of fused-ring (bicyclic) bond motifs is 1. The van der Waals surface area contributed by atoms with E-state index in [2.05, 4.69) is 0 Å². The quantitative estimate of drug-likeness (QED) is 0.431. The van der Waals surface area contributed by atoms with Crippen LogP contribution < -0.4 is 11.5 Å². The van der Waals surface area contributed by atoms with Crippen LogP contribution in [0.4, 0.5) is 0 Å². The maximum Gasteiger partial charge on any atom is 0.103 e. The Hall–Kier alpha value is -0.160. The average molecular weight is 144 g/mol. The van der Waals surface area contributed by atoms with Crippen molar-refractivity contribution in [3.8, 4) is 0 Å². The zero-order chi connectivity index (χ0) is 7.14. The lowest BCUT2D eigenvalue weighted by molar-refractivity contribution is 0.0691. The van der Waals surface area contributed by atoms with E-state index < -0.39 is 0 Å². The van der Waals surface area contributed by atoms with E-state index in [0.717, 1.165) is 0 Å². The van der Waals surface area contributed by atoms with Gasteiger partial charge in [0.1, 0.15) is 12.2 Å². The molecule has 0 aromatic heterocycles. The highest BCUT2D eigenvalue weighted by Crippen LogP contribution is 2.24. The van der Waals surface area contributed by atoms with Gasteiger partial charge in [-0.05, 0) is 0 Å². The minimum absolute atomic E-state index is 0.0264. The second-order valence-electron chi connectivity index (χ2n) is 2.92. The van der Waals surface area contributed by atoms with Gasteiger partial charge in [0, 0.05) is 0 Å². The summed E-state index contributed by atoms with van der Waals surface area (Å²) >= 11 is 0. The summed E-state index contributed by atoms with van der Waals surface area (Å²) in [4.78, 5) is 0. The molecule has 4 atom stereocenters. The molecular formula is C6H12N2O2. The largest absolute Gasteiger partial charge is 0.372 e. The van der Waals surface area contributed by atoms with Crippen molar-refractivity contribution in [1.82, 2.24) is 0 Å². The summed E-state index contributed by atoms with van der Waals surface area (Å²) in [5, 5.41) is 0. The summed E-state index contributed by atoms with van der Waals surface area (Å²) < 4.78 is 10.7. The summed E-state index contributed by atoms with van der Waals surface area (Å²) in [5.41, 5.74) is 11.4. The Morgan fingerprint density at radius 3 is 1.70 bits per heavy atom. The SMILES string of the molecule is N[C@H]1COC2C1OC[C@@H]2N. The van der Waals surface area contributed by atoms with Gasteiger partial charge in [0.05, 0.1) is 25.3 Å². The van der Waals surface area contributed by atoms with Gasteiger partial charge in [0.15, 0.2) is 0 Å². The first kappa shape index (κ1) is 6.54. The van der Waals surface area contributed by atoms with Crippen LogP contribution in [0, 0.1) is 0 Å². The molecule has 4 nitrogen and oxygen atoms in total. The van der Waals surface area contributed by atoms with Gasteiger partial charge in [-0.1, -0.05) is 0 Å². The molecule has 58 valence electrons. The summed E-state index contributed by atoms with van der Waals surface area (Å²) in [7, 11) is 0. The van der Waals surface area contributed by atoms with E-state index in [-0.39, 0.29) is 24.3 Å². The third kappa shape index (κ3) is 0.769. The van der Waals surface area contributed by atoms with Crippen LogP contribution in [-0.2, 0) is 9.47 Å². The lowest BCUT2D eigenvalue weighted by Crippen LogP contribution is -2.39. The average Bonchev–Trinajstić information content (AvgIpc) is 2.41. The van der Waals surface area contributed by atoms with Crippen LogP contribution in [-0.4, -0.2) is 37.5 Å². The van der Waals surface area contributed by atoms with Crippen LogP contribution in [0.1, 0.15) is 0 Å². The van der Waals surface area contributed by atoms with Crippen LogP contribution in [0.25, 0.3) is 0 Å². The third-order valence-electron chi connectivity index (χ3n) is 2.13. The van der Waals surface area contributed by atoms with E-state index in [1.54, 1.807) is 0 Å². The van der Waals surface area contributed by atoms with Gasteiger partial charge in [0.25, 0.3) is 0 Å². The Labute approximate surface area is 59.5 Å². The lowest BCUT2D eigenvalue weighted by atomic mass is 10.1. The molecule has 2 unspecified atom stereocenters. The van der Waals surface area contributed by atoms with Gasteiger partial charge in [0.2, 0.25) is 0 Å². The molecule has 2 heterocycles. The molecule has 10 heavy (non-hydrogen) atoms. The molecule has 2 rings (SSSR count). The second kappa shape index (κ2) is 2.17. The van der Waals surface area contributed by atoms with Crippen molar-refractivity contribution in [3.05, 3.63) is 0 Å². The molecule has 0 aliphatic carbocycles. The van der Waals surface area contributed by atoms with Gasteiger partial charge < -0.3 is 20.9 Å². The van der Waals surface area contributed by atoms with Crippen LogP contribution in [0.5, 0.6) is 0 Å². The van der Waals surface area contributed by atoms with Crippen molar-refractivity contribution >= 4 is 0 Å². The molecule has 0 radical (unpaired) electrons. The Bertz CT molecular complexity index is 126. The highest BCUT2D eigenvalue weighted by Gasteiger charge is 2.44. The predicted molar refractivity (Wildman–Crippen MR) is 35.4 cm³/mol. The fourth-order valence-electron chi connectivity index (χ4n) is 1.56. The lowest BCUT2D eigenvalue weighted by Gasteiger charge is -2.10. The van der Waals surface area contributed by atoms with E-state index >= 15 is 0 Å². The number of nitrogens with two attached hydrogens (primary N) is 2. The molecule has 0 bridgehead atoms. The van der Waals surface area contributed by atoms with Gasteiger partial charge >= 0.3 is 0 Å². The molecule has 0 saturated carbocycles. The number of rotatable bonds is 0. The van der Waals surface area contributed by atoms with Gasteiger partial charge in [-0.25, -0.2) is 0 Å². The Kier molecular flexibility index (Phi) is 1.42. The van der Waals surface area contributed by atoms with Crippen molar-refractivity contribution in [2.75, 3.05) is 13.2 Å². The van der Waals surface area contributed by atoms with Crippen LogP contribution >= 0.6 is 0 Å². The maximum absolute atomic E-state index is 5.68. The molecule has 4 N–H and O–H groups in total. The Morgan fingerprint density at radius 1 is 0.900 bits per heavy atom. The molecule has 2 saturated heterocycles. The normalized spacial score (nSPS) is 53.4. The summed E-state index contributed by atoms with van der Waals surface area (Å²) in [6, 6.07) is 0.0529. The highest BCUT2D eigenvalue weighted by atomic mass is 16.6. The standard InChI is InChI=1S/C6H12N2O2/c7-3-1-9-6-4(8)2-10-5(3)6/h3-6H,1-2,7-8H2/t3-,4-,5?,6?/m0/s1. The van der Waals surface area contributed by atoms with Crippen LogP contribution in [0.3, 0.4) is 0 Å². The number of hydrogen-bond donors (Lipinski definition) is 2. The molecular weight excluding hydrogens is 132 g/mol. The van der Waals surface area contributed by atoms with E-state index in [9.17, 15) is 0 Å². The monoisotopic (exact) mass is 144 g/mol. The second-order valence-corrected chi connectivity index (χ2v) is 2.92. The molecule has 0 aromatic carbocycles. The van der Waals surface area contributed by atoms with Crippen molar-refractivity contribution in [1.29, 1.82) is 0 Å². The van der Waals surface area contributed by atoms with Crippen molar-refractivity contribution < 1.29 is 9.47 Å². The molecule has 2 fully saturated rings. The van der Waals surface area contributed by atoms with E-state index in [4.69, 9.17) is 20.9 Å². The Balaban J connectivity index is 2.09. The van der Waals surface area contributed by atoms with Crippen LogP contribution in [0.15, 0.2) is 0 Å². The van der Waals surface area contributed by atoms with Crippen molar-refractivity contribution in [2.45, 2.75) is 24.3 Å². The first-order valence-corrected chi connectivity index (χ1v) is 3.53. The summed E-state index contributed by atoms with van der Waals surface area (Å²) in [6.07, 6.45) is 0.102. The summed E-state index contributed by atoms with van der Waals surface area (Å²) in [5.74, 6) is 0. The maximum atomic E-state index is 5.68. The number of hydrogen-bond acceptors (Lipinski definition) is 4. The van der Waals surface area contributed by atoms with E-state index in [1.165, 1.54) is 0 Å². The van der Waals surface area contributed by atoms with E-state index in [1.807, 2.05) is 0 Å². The van der Waals surface area contributed by atoms with Crippen molar-refractivity contribution in [3.63, 3.8) is 0 Å². The minimum Gasteiger partial charge on any atom is -0.372 e. The molecule has 2 aliphatic rings. The fourth-order valence-corrected chi connectivity index (χ4v) is 1.56. The summed E-state index contributed by atoms with van der Waals surface area (Å²) in [6.45, 7) is 1.17. The molecule has 0 spiro atoms. The smallest absolute Gasteiger partial charge is 0.103 e. The predicted octanol–water partition coefficient (Wildman–Crippen LogP) is -1.56. The molecule has 0 amide bonds.